The third kappa shape index (κ3) is 5.67. The van der Waals surface area contributed by atoms with Gasteiger partial charge in [-0.2, -0.15) is 0 Å². The summed E-state index contributed by atoms with van der Waals surface area (Å²) in [6.07, 6.45) is 4.94. The van der Waals surface area contributed by atoms with Gasteiger partial charge in [-0.3, -0.25) is 4.99 Å². The van der Waals surface area contributed by atoms with Crippen LogP contribution in [0.2, 0.25) is 0 Å². The molecule has 1 aromatic carbocycles. The first-order chi connectivity index (χ1) is 13.7. The van der Waals surface area contributed by atoms with E-state index in [-0.39, 0.29) is 0 Å². The maximum Gasteiger partial charge on any atom is 0.191 e. The third-order valence-electron chi connectivity index (χ3n) is 5.60. The monoisotopic (exact) mass is 389 g/mol. The second-order valence-corrected chi connectivity index (χ2v) is 7.55. The van der Waals surface area contributed by atoms with E-state index >= 15 is 0 Å². The molecule has 0 bridgehead atoms. The van der Waals surface area contributed by atoms with E-state index in [0.29, 0.717) is 6.04 Å². The van der Waals surface area contributed by atoms with Crippen LogP contribution in [0.25, 0.3) is 0 Å². The van der Waals surface area contributed by atoms with Gasteiger partial charge < -0.3 is 29.9 Å². The summed E-state index contributed by atoms with van der Waals surface area (Å²) in [5.74, 6) is 2.54. The Morgan fingerprint density at radius 1 is 1.11 bits per heavy atom. The predicted octanol–water partition coefficient (Wildman–Crippen LogP) is 1.93. The summed E-state index contributed by atoms with van der Waals surface area (Å²) in [4.78, 5) is 9.31. The number of hydrogen-bond donors (Lipinski definition) is 2. The van der Waals surface area contributed by atoms with Crippen molar-refractivity contribution in [3.63, 3.8) is 0 Å². The minimum atomic E-state index is 0.377. The Morgan fingerprint density at radius 2 is 1.82 bits per heavy atom. The molecule has 1 unspecified atom stereocenters. The fourth-order valence-electron chi connectivity index (χ4n) is 3.99. The van der Waals surface area contributed by atoms with E-state index in [2.05, 4.69) is 37.6 Å². The normalized spacial score (nSPS) is 20.5. The second kappa shape index (κ2) is 10.4. The Labute approximate surface area is 169 Å². The third-order valence-corrected chi connectivity index (χ3v) is 5.60. The van der Waals surface area contributed by atoms with E-state index in [0.717, 1.165) is 55.6 Å². The van der Waals surface area contributed by atoms with Gasteiger partial charge in [0.2, 0.25) is 0 Å². The van der Waals surface area contributed by atoms with Crippen LogP contribution in [0.5, 0.6) is 11.5 Å². The van der Waals surface area contributed by atoms with Crippen molar-refractivity contribution in [2.24, 2.45) is 4.99 Å². The molecule has 0 radical (unpaired) electrons. The summed E-state index contributed by atoms with van der Waals surface area (Å²) in [5.41, 5.74) is 1.13. The molecule has 2 aliphatic rings. The van der Waals surface area contributed by atoms with E-state index in [1.165, 1.54) is 32.5 Å². The molecule has 0 aliphatic carbocycles. The van der Waals surface area contributed by atoms with Crippen molar-refractivity contribution in [2.75, 3.05) is 65.4 Å². The molecule has 2 N–H and O–H groups in total. The lowest BCUT2D eigenvalue weighted by molar-refractivity contribution is 0.334. The molecule has 2 fully saturated rings. The molecule has 0 spiro atoms. The summed E-state index contributed by atoms with van der Waals surface area (Å²) in [5, 5.41) is 7.04. The number of anilines is 1. The Kier molecular flexibility index (Phi) is 7.65. The number of hydrogen-bond acceptors (Lipinski definition) is 5. The highest BCUT2D eigenvalue weighted by atomic mass is 16.5. The van der Waals surface area contributed by atoms with Crippen LogP contribution in [0.3, 0.4) is 0 Å². The van der Waals surface area contributed by atoms with Gasteiger partial charge in [0.25, 0.3) is 0 Å². The molecule has 1 aromatic rings. The summed E-state index contributed by atoms with van der Waals surface area (Å²) < 4.78 is 10.8. The van der Waals surface area contributed by atoms with Gasteiger partial charge in [-0.1, -0.05) is 0 Å². The molecule has 28 heavy (non-hydrogen) atoms. The van der Waals surface area contributed by atoms with Crippen LogP contribution in [0.1, 0.15) is 25.7 Å². The summed E-state index contributed by atoms with van der Waals surface area (Å²) in [7, 11) is 5.22. The number of nitrogens with one attached hydrogen (secondary N) is 2. The Morgan fingerprint density at radius 3 is 2.46 bits per heavy atom. The molecule has 156 valence electrons. The molecule has 2 aliphatic heterocycles. The van der Waals surface area contributed by atoms with Gasteiger partial charge in [-0.25, -0.2) is 0 Å². The zero-order chi connectivity index (χ0) is 19.8. The van der Waals surface area contributed by atoms with Gasteiger partial charge in [-0.15, -0.1) is 0 Å². The average molecular weight is 390 g/mol. The lowest BCUT2D eigenvalue weighted by Crippen LogP contribution is -2.45. The standard InChI is InChI=1S/C21H35N5O2/c1-22-21(23-8-6-11-25-9-4-5-10-25)24-17-7-12-26(16-17)18-13-19(27-2)15-20(14-18)28-3/h13-15,17H,4-12,16H2,1-3H3,(H2,22,23,24). The minimum absolute atomic E-state index is 0.377. The predicted molar refractivity (Wildman–Crippen MR) is 115 cm³/mol. The number of likely N-dealkylation sites (tertiary alicyclic amines) is 1. The van der Waals surface area contributed by atoms with Crippen molar-refractivity contribution in [1.82, 2.24) is 15.5 Å². The first kappa shape index (κ1) is 20.6. The van der Waals surface area contributed by atoms with Crippen molar-refractivity contribution in [1.29, 1.82) is 0 Å². The highest BCUT2D eigenvalue weighted by Crippen LogP contribution is 2.30. The maximum absolute atomic E-state index is 5.40. The fourth-order valence-corrected chi connectivity index (χ4v) is 3.99. The molecule has 1 atom stereocenters. The van der Waals surface area contributed by atoms with Crippen LogP contribution in [0, 0.1) is 0 Å². The lowest BCUT2D eigenvalue weighted by atomic mass is 10.2. The van der Waals surface area contributed by atoms with Gasteiger partial charge in [0.05, 0.1) is 14.2 Å². The number of nitrogens with zero attached hydrogens (tertiary/aromatic N) is 3. The number of ether oxygens (including phenoxy) is 2. The summed E-state index contributed by atoms with van der Waals surface area (Å²) in [6, 6.07) is 6.41. The number of guanidine groups is 1. The first-order valence-electron chi connectivity index (χ1n) is 10.4. The SMILES string of the molecule is CN=C(NCCCN1CCCC1)NC1CCN(c2cc(OC)cc(OC)c2)C1. The van der Waals surface area contributed by atoms with Crippen LogP contribution < -0.4 is 25.0 Å². The van der Waals surface area contributed by atoms with Gasteiger partial charge in [0, 0.05) is 56.6 Å². The van der Waals surface area contributed by atoms with Gasteiger partial charge in [0.1, 0.15) is 11.5 Å². The molecule has 0 saturated carbocycles. The summed E-state index contributed by atoms with van der Waals surface area (Å²) >= 11 is 0. The fraction of sp³-hybridized carbons (Fsp3) is 0.667. The van der Waals surface area contributed by atoms with E-state index < -0.39 is 0 Å². The number of benzene rings is 1. The number of aliphatic imine (C=N–C) groups is 1. The largest absolute Gasteiger partial charge is 0.497 e. The van der Waals surface area contributed by atoms with Crippen molar-refractivity contribution < 1.29 is 9.47 Å². The van der Waals surface area contributed by atoms with Gasteiger partial charge >= 0.3 is 0 Å². The van der Waals surface area contributed by atoms with Crippen LogP contribution in [-0.2, 0) is 0 Å². The van der Waals surface area contributed by atoms with E-state index in [9.17, 15) is 0 Å². The van der Waals surface area contributed by atoms with Crippen molar-refractivity contribution >= 4 is 11.6 Å². The first-order valence-corrected chi connectivity index (χ1v) is 10.4. The molecule has 7 heteroatoms. The molecule has 3 rings (SSSR count). The topological polar surface area (TPSA) is 61.4 Å². The Bertz CT molecular complexity index is 623. The van der Waals surface area contributed by atoms with Crippen molar-refractivity contribution in [3.8, 4) is 11.5 Å². The molecule has 2 saturated heterocycles. The molecule has 7 nitrogen and oxygen atoms in total. The molecule has 0 amide bonds. The Balaban J connectivity index is 1.45. The molecule has 2 heterocycles. The van der Waals surface area contributed by atoms with Crippen LogP contribution in [0.4, 0.5) is 5.69 Å². The molecular weight excluding hydrogens is 354 g/mol. The highest BCUT2D eigenvalue weighted by molar-refractivity contribution is 5.80. The van der Waals surface area contributed by atoms with Crippen LogP contribution in [0.15, 0.2) is 23.2 Å². The quantitative estimate of drug-likeness (QED) is 0.403. The van der Waals surface area contributed by atoms with Crippen molar-refractivity contribution in [2.45, 2.75) is 31.7 Å². The zero-order valence-electron chi connectivity index (χ0n) is 17.5. The average Bonchev–Trinajstić information content (AvgIpc) is 3.41. The minimum Gasteiger partial charge on any atom is -0.497 e. The van der Waals surface area contributed by atoms with Gasteiger partial charge in [-0.05, 0) is 45.3 Å². The van der Waals surface area contributed by atoms with E-state index in [1.54, 1.807) is 14.2 Å². The summed E-state index contributed by atoms with van der Waals surface area (Å²) in [6.45, 7) is 6.60. The zero-order valence-corrected chi connectivity index (χ0v) is 17.5. The van der Waals surface area contributed by atoms with E-state index in [4.69, 9.17) is 9.47 Å². The van der Waals surface area contributed by atoms with E-state index in [1.807, 2.05) is 13.1 Å². The van der Waals surface area contributed by atoms with Gasteiger partial charge in [0.15, 0.2) is 5.96 Å². The Hall–Kier alpha value is -2.15. The van der Waals surface area contributed by atoms with Crippen molar-refractivity contribution in [3.05, 3.63) is 18.2 Å². The molecular formula is C21H35N5O2. The smallest absolute Gasteiger partial charge is 0.191 e. The molecule has 0 aromatic heterocycles. The maximum atomic E-state index is 5.40. The van der Waals surface area contributed by atoms with Crippen LogP contribution >= 0.6 is 0 Å². The van der Waals surface area contributed by atoms with Crippen LogP contribution in [-0.4, -0.2) is 77.4 Å². The second-order valence-electron chi connectivity index (χ2n) is 7.55. The number of rotatable bonds is 8. The highest BCUT2D eigenvalue weighted by Gasteiger charge is 2.24. The number of methoxy groups -OCH3 is 2. The lowest BCUT2D eigenvalue weighted by Gasteiger charge is -2.22.